The van der Waals surface area contributed by atoms with Gasteiger partial charge in [0.1, 0.15) is 22.8 Å². The zero-order valence-corrected chi connectivity index (χ0v) is 22.1. The molecule has 3 fully saturated rings. The van der Waals surface area contributed by atoms with Gasteiger partial charge in [-0.05, 0) is 45.4 Å². The highest BCUT2D eigenvalue weighted by Crippen LogP contribution is 2.75. The van der Waals surface area contributed by atoms with Crippen LogP contribution in [0.25, 0.3) is 5.52 Å². The van der Waals surface area contributed by atoms with E-state index >= 15 is 4.39 Å². The summed E-state index contributed by atoms with van der Waals surface area (Å²) >= 11 is 0. The molecule has 2 aliphatic heterocycles. The lowest BCUT2D eigenvalue weighted by atomic mass is 9.93. The van der Waals surface area contributed by atoms with E-state index in [2.05, 4.69) is 15.3 Å². The number of piperidine rings is 2. The largest absolute Gasteiger partial charge is 0.444 e. The maximum Gasteiger partial charge on any atom is 0.410 e. The molecule has 0 bridgehead atoms. The van der Waals surface area contributed by atoms with Crippen LogP contribution < -0.4 is 4.90 Å². The van der Waals surface area contributed by atoms with Gasteiger partial charge in [0.2, 0.25) is 5.89 Å². The van der Waals surface area contributed by atoms with E-state index in [1.807, 2.05) is 6.07 Å². The summed E-state index contributed by atoms with van der Waals surface area (Å²) in [6.45, 7) is 4.84. The number of likely N-dealkylation sites (tertiary alicyclic amines) is 1. The van der Waals surface area contributed by atoms with Crippen LogP contribution in [0.15, 0.2) is 28.8 Å². The Bertz CT molecular complexity index is 1530. The Morgan fingerprint density at radius 2 is 1.80 bits per heavy atom. The monoisotopic (exact) mass is 561 g/mol. The maximum atomic E-state index is 16.0. The molecule has 0 spiro atoms. The quantitative estimate of drug-likeness (QED) is 0.430. The highest BCUT2D eigenvalue weighted by molar-refractivity contribution is 5.75. The molecule has 10 nitrogen and oxygen atoms in total. The van der Waals surface area contributed by atoms with E-state index in [0.717, 1.165) is 0 Å². The number of anilines is 1. The van der Waals surface area contributed by atoms with Crippen molar-refractivity contribution in [3.8, 4) is 6.07 Å². The van der Waals surface area contributed by atoms with Crippen molar-refractivity contribution in [2.45, 2.75) is 62.9 Å². The number of rotatable bonds is 3. The Morgan fingerprint density at radius 1 is 1.10 bits per heavy atom. The topological polar surface area (TPSA) is 113 Å². The SMILES string of the molecule is CC(C)(C)OC(=O)N1CCC(F)(c2nnc([C@]34CN(c5ccc(C#N)n6nccc56)C[C@@]3(C(F)(F)F)C4)o2)CC1. The van der Waals surface area contributed by atoms with Gasteiger partial charge in [-0.15, -0.1) is 10.2 Å². The molecular formula is C26H27F4N7O3. The number of alkyl halides is 4. The van der Waals surface area contributed by atoms with E-state index in [1.54, 1.807) is 37.8 Å². The number of fused-ring (bicyclic) bond motifs is 2. The lowest BCUT2D eigenvalue weighted by Crippen LogP contribution is -2.45. The van der Waals surface area contributed by atoms with Gasteiger partial charge in [0, 0.05) is 39.0 Å². The third kappa shape index (κ3) is 3.81. The first-order valence-electron chi connectivity index (χ1n) is 12.9. The average molecular weight is 562 g/mol. The number of hydrogen-bond acceptors (Lipinski definition) is 8. The van der Waals surface area contributed by atoms with E-state index in [4.69, 9.17) is 9.15 Å². The summed E-state index contributed by atoms with van der Waals surface area (Å²) in [5, 5.41) is 21.3. The zero-order valence-electron chi connectivity index (χ0n) is 22.1. The molecule has 1 amide bonds. The average Bonchev–Trinajstić information content (AvgIpc) is 3.35. The summed E-state index contributed by atoms with van der Waals surface area (Å²) in [7, 11) is 0. The number of amides is 1. The van der Waals surface area contributed by atoms with Crippen LogP contribution in [0.5, 0.6) is 0 Å². The smallest absolute Gasteiger partial charge is 0.410 e. The molecule has 6 rings (SSSR count). The molecule has 3 aliphatic rings. The van der Waals surface area contributed by atoms with Crippen molar-refractivity contribution in [1.29, 1.82) is 5.26 Å². The van der Waals surface area contributed by atoms with Crippen molar-refractivity contribution in [3.63, 3.8) is 0 Å². The Labute approximate surface area is 226 Å². The fourth-order valence-corrected chi connectivity index (χ4v) is 6.11. The highest BCUT2D eigenvalue weighted by Gasteiger charge is 2.86. The van der Waals surface area contributed by atoms with Crippen molar-refractivity contribution >= 4 is 17.3 Å². The summed E-state index contributed by atoms with van der Waals surface area (Å²) in [6.07, 6.45) is -4.21. The predicted octanol–water partition coefficient (Wildman–Crippen LogP) is 4.50. The zero-order chi connectivity index (χ0) is 28.7. The molecule has 3 aromatic heterocycles. The van der Waals surface area contributed by atoms with Gasteiger partial charge in [0.15, 0.2) is 5.67 Å². The van der Waals surface area contributed by atoms with Crippen LogP contribution in [0.3, 0.4) is 0 Å². The van der Waals surface area contributed by atoms with E-state index in [9.17, 15) is 23.2 Å². The Kier molecular flexibility index (Phi) is 5.47. The molecule has 0 N–H and O–H groups in total. The number of aromatic nitrogens is 4. The van der Waals surface area contributed by atoms with Crippen LogP contribution in [0, 0.1) is 16.7 Å². The second kappa shape index (κ2) is 8.31. The maximum absolute atomic E-state index is 16.0. The van der Waals surface area contributed by atoms with Crippen LogP contribution in [-0.4, -0.2) is 68.8 Å². The third-order valence-electron chi connectivity index (χ3n) is 8.27. The first-order chi connectivity index (χ1) is 18.7. The van der Waals surface area contributed by atoms with E-state index in [0.29, 0.717) is 11.2 Å². The number of nitriles is 1. The number of nitrogens with zero attached hydrogens (tertiary/aromatic N) is 7. The number of pyridine rings is 1. The summed E-state index contributed by atoms with van der Waals surface area (Å²) in [5.41, 5.74) is -5.21. The van der Waals surface area contributed by atoms with Gasteiger partial charge < -0.3 is 19.0 Å². The van der Waals surface area contributed by atoms with Crippen LogP contribution >= 0.6 is 0 Å². The Morgan fingerprint density at radius 3 is 2.45 bits per heavy atom. The summed E-state index contributed by atoms with van der Waals surface area (Å²) in [6, 6.07) is 6.76. The molecule has 212 valence electrons. The van der Waals surface area contributed by atoms with Gasteiger partial charge in [0.25, 0.3) is 5.89 Å². The normalized spacial score (nSPS) is 26.1. The lowest BCUT2D eigenvalue weighted by molar-refractivity contribution is -0.187. The van der Waals surface area contributed by atoms with Crippen LogP contribution in [0.1, 0.15) is 57.5 Å². The number of hydrogen-bond donors (Lipinski definition) is 0. The van der Waals surface area contributed by atoms with Gasteiger partial charge in [0.05, 0.1) is 22.8 Å². The third-order valence-corrected chi connectivity index (χ3v) is 8.27. The van der Waals surface area contributed by atoms with E-state index in [1.165, 1.54) is 21.7 Å². The minimum Gasteiger partial charge on any atom is -0.444 e. The summed E-state index contributed by atoms with van der Waals surface area (Å²) in [4.78, 5) is 15.3. The number of carbonyl (C=O) groups excluding carboxylic acids is 1. The molecule has 0 aromatic carbocycles. The Balaban J connectivity index is 1.26. The van der Waals surface area contributed by atoms with Gasteiger partial charge in [-0.25, -0.2) is 13.7 Å². The van der Waals surface area contributed by atoms with Crippen molar-refractivity contribution in [3.05, 3.63) is 41.9 Å². The second-order valence-corrected chi connectivity index (χ2v) is 11.9. The minimum absolute atomic E-state index is 0.0363. The van der Waals surface area contributed by atoms with Crippen molar-refractivity contribution in [2.24, 2.45) is 5.41 Å². The summed E-state index contributed by atoms with van der Waals surface area (Å²) < 4.78 is 72.1. The molecule has 1 saturated carbocycles. The van der Waals surface area contributed by atoms with Crippen LogP contribution in [0.2, 0.25) is 0 Å². The molecular weight excluding hydrogens is 534 g/mol. The second-order valence-electron chi connectivity index (χ2n) is 11.9. The number of ether oxygens (including phenoxy) is 1. The molecule has 40 heavy (non-hydrogen) atoms. The number of carbonyl (C=O) groups is 1. The van der Waals surface area contributed by atoms with E-state index < -0.39 is 34.4 Å². The molecule has 5 heterocycles. The molecule has 1 aliphatic carbocycles. The van der Waals surface area contributed by atoms with Gasteiger partial charge in [-0.1, -0.05) is 0 Å². The van der Waals surface area contributed by atoms with Gasteiger partial charge in [-0.3, -0.25) is 0 Å². The molecule has 0 radical (unpaired) electrons. The highest BCUT2D eigenvalue weighted by atomic mass is 19.4. The lowest BCUT2D eigenvalue weighted by Gasteiger charge is -2.35. The Hall–Kier alpha value is -3.89. The molecule has 2 saturated heterocycles. The standard InChI is InChI=1S/C26H27F4N7O3/c1-22(2,3)40-21(38)35-10-7-24(27,8-11-35)20-34-33-19(39-20)23-13-25(23,26(28,29)30)15-36(14-23)17-5-4-16(12-31)37-18(17)6-9-32-37/h4-6,9H,7-8,10-11,13-15H2,1-3H3/t23-,25-/m0/s1. The van der Waals surface area contributed by atoms with Crippen LogP contribution in [-0.2, 0) is 15.8 Å². The molecule has 3 aromatic rings. The van der Waals surface area contributed by atoms with Crippen LogP contribution in [0.4, 0.5) is 28.0 Å². The number of halogens is 4. The van der Waals surface area contributed by atoms with Crippen molar-refractivity contribution in [2.75, 3.05) is 31.1 Å². The fourth-order valence-electron chi connectivity index (χ4n) is 6.11. The molecule has 2 atom stereocenters. The van der Waals surface area contributed by atoms with Crippen molar-refractivity contribution < 1.29 is 31.5 Å². The molecule has 0 unspecified atom stereocenters. The molecule has 14 heteroatoms. The minimum atomic E-state index is -4.58. The van der Waals surface area contributed by atoms with Gasteiger partial charge >= 0.3 is 12.3 Å². The predicted molar refractivity (Wildman–Crippen MR) is 131 cm³/mol. The van der Waals surface area contributed by atoms with E-state index in [-0.39, 0.29) is 62.9 Å². The first-order valence-corrected chi connectivity index (χ1v) is 12.9. The first kappa shape index (κ1) is 26.3. The summed E-state index contributed by atoms with van der Waals surface area (Å²) in [5.74, 6) is -0.620. The van der Waals surface area contributed by atoms with Gasteiger partial charge in [-0.2, -0.15) is 23.5 Å². The van der Waals surface area contributed by atoms with Crippen molar-refractivity contribution in [1.82, 2.24) is 24.7 Å². The fraction of sp³-hybridized carbons (Fsp3) is 0.577.